The fourth-order valence-corrected chi connectivity index (χ4v) is 3.68. The number of ether oxygens (including phenoxy) is 1. The number of hydrogen-bond acceptors (Lipinski definition) is 3. The van der Waals surface area contributed by atoms with Crippen molar-refractivity contribution in [3.63, 3.8) is 0 Å². The summed E-state index contributed by atoms with van der Waals surface area (Å²) in [5, 5.41) is 8.83. The second-order valence-electron chi connectivity index (χ2n) is 6.43. The van der Waals surface area contributed by atoms with Crippen LogP contribution in [0.5, 0.6) is 5.75 Å². The summed E-state index contributed by atoms with van der Waals surface area (Å²) in [4.78, 5) is 0. The normalized spacial score (nSPS) is 17.0. The van der Waals surface area contributed by atoms with Crippen LogP contribution < -0.4 is 4.74 Å². The Kier molecular flexibility index (Phi) is 4.89. The number of hydrogen-bond donors (Lipinski definition) is 0. The molecule has 0 unspecified atom stereocenters. The third-order valence-corrected chi connectivity index (χ3v) is 5.33. The molecule has 4 rings (SSSR count). The van der Waals surface area contributed by atoms with Gasteiger partial charge in [-0.3, -0.25) is 0 Å². The summed E-state index contributed by atoms with van der Waals surface area (Å²) >= 11 is 3.47. The summed E-state index contributed by atoms with van der Waals surface area (Å²) < 4.78 is 8.35. The van der Waals surface area contributed by atoms with Gasteiger partial charge in [0.05, 0.1) is 19.3 Å². The summed E-state index contributed by atoms with van der Waals surface area (Å²) in [6.45, 7) is 0. The zero-order chi connectivity index (χ0) is 17.9. The Labute approximate surface area is 161 Å². The topological polar surface area (TPSA) is 39.9 Å². The summed E-state index contributed by atoms with van der Waals surface area (Å²) in [6.07, 6.45) is 7.72. The summed E-state index contributed by atoms with van der Waals surface area (Å²) in [5.41, 5.74) is 4.50. The van der Waals surface area contributed by atoms with Gasteiger partial charge in [-0.15, -0.1) is 5.10 Å². The van der Waals surface area contributed by atoms with Crippen LogP contribution in [-0.2, 0) is 0 Å². The molecule has 0 aliphatic heterocycles. The van der Waals surface area contributed by atoms with Crippen molar-refractivity contribution in [2.75, 3.05) is 7.11 Å². The molecule has 1 heterocycles. The van der Waals surface area contributed by atoms with Crippen molar-refractivity contribution in [3.8, 4) is 17.0 Å². The molecule has 1 aromatic heterocycles. The van der Waals surface area contributed by atoms with Crippen molar-refractivity contribution in [1.82, 2.24) is 15.0 Å². The SMILES string of the molecule is COc1ccc(C2=CCCC[C@H]2n2cc(-c3ccc(Br)cc3)nn2)cc1. The molecule has 0 N–H and O–H groups in total. The van der Waals surface area contributed by atoms with Gasteiger partial charge in [-0.2, -0.15) is 0 Å². The molecule has 0 radical (unpaired) electrons. The van der Waals surface area contributed by atoms with E-state index in [2.05, 4.69) is 62.8 Å². The first-order chi connectivity index (χ1) is 12.7. The molecule has 3 aromatic rings. The first-order valence-corrected chi connectivity index (χ1v) is 9.56. The summed E-state index contributed by atoms with van der Waals surface area (Å²) in [5.74, 6) is 0.875. The highest BCUT2D eigenvalue weighted by molar-refractivity contribution is 9.10. The standard InChI is InChI=1S/C21H20BrN3O/c1-26-18-12-8-15(9-13-18)19-4-2-3-5-21(19)25-14-20(23-24-25)16-6-10-17(22)11-7-16/h4,6-14,21H,2-3,5H2,1H3/t21-/m1/s1. The van der Waals surface area contributed by atoms with E-state index in [4.69, 9.17) is 4.74 Å². The molecule has 0 saturated carbocycles. The lowest BCUT2D eigenvalue weighted by Gasteiger charge is -2.24. The van der Waals surface area contributed by atoms with Crippen LogP contribution in [0.2, 0.25) is 0 Å². The summed E-state index contributed by atoms with van der Waals surface area (Å²) in [7, 11) is 1.69. The fraction of sp³-hybridized carbons (Fsp3) is 0.238. The third-order valence-electron chi connectivity index (χ3n) is 4.80. The Morgan fingerprint density at radius 2 is 1.77 bits per heavy atom. The van der Waals surface area contributed by atoms with Gasteiger partial charge in [0, 0.05) is 10.0 Å². The molecular formula is C21H20BrN3O. The molecule has 1 aliphatic rings. The van der Waals surface area contributed by atoms with Gasteiger partial charge in [0.2, 0.25) is 0 Å². The number of allylic oxidation sites excluding steroid dienone is 2. The van der Waals surface area contributed by atoms with Crippen LogP contribution in [0.15, 0.2) is 65.3 Å². The molecule has 5 heteroatoms. The van der Waals surface area contributed by atoms with Gasteiger partial charge in [-0.05, 0) is 54.7 Å². The molecule has 2 aromatic carbocycles. The van der Waals surface area contributed by atoms with Crippen LogP contribution in [0.1, 0.15) is 30.9 Å². The Morgan fingerprint density at radius 1 is 1.04 bits per heavy atom. The Morgan fingerprint density at radius 3 is 2.50 bits per heavy atom. The number of aromatic nitrogens is 3. The van der Waals surface area contributed by atoms with Crippen molar-refractivity contribution in [3.05, 3.63) is 70.8 Å². The third kappa shape index (κ3) is 3.44. The van der Waals surface area contributed by atoms with Crippen LogP contribution in [0.25, 0.3) is 16.8 Å². The minimum atomic E-state index is 0.217. The number of rotatable bonds is 4. The second-order valence-corrected chi connectivity index (χ2v) is 7.34. The highest BCUT2D eigenvalue weighted by atomic mass is 79.9. The van der Waals surface area contributed by atoms with Gasteiger partial charge in [-0.25, -0.2) is 4.68 Å². The lowest BCUT2D eigenvalue weighted by atomic mass is 9.89. The fourth-order valence-electron chi connectivity index (χ4n) is 3.41. The molecule has 132 valence electrons. The highest BCUT2D eigenvalue weighted by Crippen LogP contribution is 2.36. The van der Waals surface area contributed by atoms with Gasteiger partial charge >= 0.3 is 0 Å². The predicted molar refractivity (Wildman–Crippen MR) is 107 cm³/mol. The van der Waals surface area contributed by atoms with Crippen LogP contribution >= 0.6 is 15.9 Å². The number of methoxy groups -OCH3 is 1. The van der Waals surface area contributed by atoms with Crippen molar-refractivity contribution in [2.45, 2.75) is 25.3 Å². The smallest absolute Gasteiger partial charge is 0.118 e. The van der Waals surface area contributed by atoms with Crippen molar-refractivity contribution < 1.29 is 4.74 Å². The maximum atomic E-state index is 5.28. The molecule has 26 heavy (non-hydrogen) atoms. The summed E-state index contributed by atoms with van der Waals surface area (Å²) in [6, 6.07) is 16.6. The van der Waals surface area contributed by atoms with Gasteiger partial charge < -0.3 is 4.74 Å². The molecule has 4 nitrogen and oxygen atoms in total. The second kappa shape index (κ2) is 7.46. The van der Waals surface area contributed by atoms with Crippen molar-refractivity contribution in [1.29, 1.82) is 0 Å². The van der Waals surface area contributed by atoms with E-state index in [1.54, 1.807) is 7.11 Å². The van der Waals surface area contributed by atoms with E-state index >= 15 is 0 Å². The Balaban J connectivity index is 1.64. The molecule has 0 amide bonds. The molecule has 0 fully saturated rings. The average Bonchev–Trinajstić information content (AvgIpc) is 3.19. The number of nitrogens with zero attached hydrogens (tertiary/aromatic N) is 3. The molecule has 0 bridgehead atoms. The monoisotopic (exact) mass is 409 g/mol. The van der Waals surface area contributed by atoms with E-state index in [1.807, 2.05) is 28.9 Å². The van der Waals surface area contributed by atoms with E-state index in [0.29, 0.717) is 0 Å². The zero-order valence-electron chi connectivity index (χ0n) is 14.6. The van der Waals surface area contributed by atoms with Crippen LogP contribution in [0, 0.1) is 0 Å². The lowest BCUT2D eigenvalue weighted by molar-refractivity contribution is 0.414. The van der Waals surface area contributed by atoms with E-state index in [9.17, 15) is 0 Å². The first kappa shape index (κ1) is 17.0. The average molecular weight is 410 g/mol. The first-order valence-electron chi connectivity index (χ1n) is 8.77. The van der Waals surface area contributed by atoms with Crippen LogP contribution in [0.3, 0.4) is 0 Å². The largest absolute Gasteiger partial charge is 0.497 e. The predicted octanol–water partition coefficient (Wildman–Crippen LogP) is 5.52. The van der Waals surface area contributed by atoms with E-state index in [0.717, 1.165) is 40.7 Å². The van der Waals surface area contributed by atoms with E-state index < -0.39 is 0 Å². The molecule has 1 atom stereocenters. The maximum Gasteiger partial charge on any atom is 0.118 e. The van der Waals surface area contributed by atoms with E-state index in [-0.39, 0.29) is 6.04 Å². The molecule has 0 saturated heterocycles. The van der Waals surface area contributed by atoms with Gasteiger partial charge in [0.15, 0.2) is 0 Å². The van der Waals surface area contributed by atoms with Gasteiger partial charge in [0.25, 0.3) is 0 Å². The van der Waals surface area contributed by atoms with Crippen molar-refractivity contribution >= 4 is 21.5 Å². The maximum absolute atomic E-state index is 5.28. The lowest BCUT2D eigenvalue weighted by Crippen LogP contribution is -2.15. The molecule has 1 aliphatic carbocycles. The molecular weight excluding hydrogens is 390 g/mol. The van der Waals surface area contributed by atoms with Crippen molar-refractivity contribution in [2.24, 2.45) is 0 Å². The van der Waals surface area contributed by atoms with E-state index in [1.165, 1.54) is 11.1 Å². The highest BCUT2D eigenvalue weighted by Gasteiger charge is 2.22. The van der Waals surface area contributed by atoms with Crippen LogP contribution in [0.4, 0.5) is 0 Å². The number of halogens is 1. The Hall–Kier alpha value is -2.40. The molecule has 0 spiro atoms. The quantitative estimate of drug-likeness (QED) is 0.568. The minimum Gasteiger partial charge on any atom is -0.497 e. The van der Waals surface area contributed by atoms with Gasteiger partial charge in [0.1, 0.15) is 11.4 Å². The zero-order valence-corrected chi connectivity index (χ0v) is 16.2. The minimum absolute atomic E-state index is 0.217. The van der Waals surface area contributed by atoms with Gasteiger partial charge in [-0.1, -0.05) is 51.5 Å². The number of benzene rings is 2. The van der Waals surface area contributed by atoms with Crippen LogP contribution in [-0.4, -0.2) is 22.1 Å². The Bertz CT molecular complexity index is 913.